The van der Waals surface area contributed by atoms with E-state index in [1.165, 1.54) is 5.56 Å². The molecule has 0 radical (unpaired) electrons. The molecule has 2 rings (SSSR count). The van der Waals surface area contributed by atoms with Gasteiger partial charge in [0.15, 0.2) is 0 Å². The first kappa shape index (κ1) is 16.1. The summed E-state index contributed by atoms with van der Waals surface area (Å²) in [5.74, 6) is 2.07. The molecule has 1 aromatic heterocycles. The summed E-state index contributed by atoms with van der Waals surface area (Å²) in [6.07, 6.45) is 0.921. The topological polar surface area (TPSA) is 28.7 Å². The minimum atomic E-state index is 0.146. The zero-order valence-electron chi connectivity index (χ0n) is 13.6. The van der Waals surface area contributed by atoms with Crippen LogP contribution in [0, 0.1) is 12.8 Å². The molecule has 2 nitrogen and oxygen atoms in total. The summed E-state index contributed by atoms with van der Waals surface area (Å²) >= 11 is 5.91. The van der Waals surface area contributed by atoms with E-state index >= 15 is 0 Å². The SMILES string of the molecule is Cc1[nH]c(-c2cccc(C(C)(C)C)c2)nc1CC(C)CCl. The van der Waals surface area contributed by atoms with Crippen molar-refractivity contribution in [2.75, 3.05) is 5.88 Å². The first-order chi connectivity index (χ1) is 9.81. The maximum absolute atomic E-state index is 5.91. The number of nitrogens with one attached hydrogen (secondary N) is 1. The molecule has 0 saturated carbocycles. The van der Waals surface area contributed by atoms with Crippen molar-refractivity contribution in [2.24, 2.45) is 5.92 Å². The van der Waals surface area contributed by atoms with E-state index in [9.17, 15) is 0 Å². The number of imidazole rings is 1. The number of halogens is 1. The Kier molecular flexibility index (Phi) is 4.77. The first-order valence-corrected chi connectivity index (χ1v) is 8.07. The Morgan fingerprint density at radius 2 is 2.00 bits per heavy atom. The minimum Gasteiger partial charge on any atom is -0.342 e. The highest BCUT2D eigenvalue weighted by atomic mass is 35.5. The second kappa shape index (κ2) is 6.23. The Labute approximate surface area is 133 Å². The Bertz CT molecular complexity index is 608. The van der Waals surface area contributed by atoms with Crippen LogP contribution in [0.3, 0.4) is 0 Å². The minimum absolute atomic E-state index is 0.146. The van der Waals surface area contributed by atoms with Crippen molar-refractivity contribution in [2.45, 2.75) is 46.5 Å². The lowest BCUT2D eigenvalue weighted by Crippen LogP contribution is -2.10. The average molecular weight is 305 g/mol. The Morgan fingerprint density at radius 1 is 1.29 bits per heavy atom. The van der Waals surface area contributed by atoms with Crippen molar-refractivity contribution < 1.29 is 0 Å². The standard InChI is InChI=1S/C18H25ClN2/c1-12(11-19)9-16-13(2)20-17(21-16)14-7-6-8-15(10-14)18(3,4)5/h6-8,10,12H,9,11H2,1-5H3,(H,20,21). The van der Waals surface area contributed by atoms with Gasteiger partial charge < -0.3 is 4.98 Å². The van der Waals surface area contributed by atoms with Crippen LogP contribution in [0.4, 0.5) is 0 Å². The summed E-state index contributed by atoms with van der Waals surface area (Å²) in [5.41, 5.74) is 4.88. The van der Waals surface area contributed by atoms with Crippen molar-refractivity contribution in [1.29, 1.82) is 0 Å². The van der Waals surface area contributed by atoms with E-state index in [0.29, 0.717) is 11.8 Å². The molecule has 1 aromatic carbocycles. The molecule has 1 unspecified atom stereocenters. The van der Waals surface area contributed by atoms with Gasteiger partial charge in [0.2, 0.25) is 0 Å². The summed E-state index contributed by atoms with van der Waals surface area (Å²) in [5, 5.41) is 0. The van der Waals surface area contributed by atoms with Crippen molar-refractivity contribution in [3.63, 3.8) is 0 Å². The predicted molar refractivity (Wildman–Crippen MR) is 91.0 cm³/mol. The van der Waals surface area contributed by atoms with E-state index in [1.807, 2.05) is 0 Å². The quantitative estimate of drug-likeness (QED) is 0.782. The number of nitrogens with zero attached hydrogens (tertiary/aromatic N) is 1. The maximum atomic E-state index is 5.91. The zero-order chi connectivity index (χ0) is 15.6. The van der Waals surface area contributed by atoms with Crippen LogP contribution in [0.1, 0.15) is 44.6 Å². The van der Waals surface area contributed by atoms with E-state index in [-0.39, 0.29) is 5.41 Å². The fourth-order valence-corrected chi connectivity index (χ4v) is 2.46. The van der Waals surface area contributed by atoms with Gasteiger partial charge in [-0.15, -0.1) is 11.6 Å². The summed E-state index contributed by atoms with van der Waals surface area (Å²) in [4.78, 5) is 8.19. The third-order valence-electron chi connectivity index (χ3n) is 3.79. The van der Waals surface area contributed by atoms with Crippen LogP contribution in [0.25, 0.3) is 11.4 Å². The van der Waals surface area contributed by atoms with Gasteiger partial charge in [-0.25, -0.2) is 4.98 Å². The molecule has 0 aliphatic carbocycles. The van der Waals surface area contributed by atoms with E-state index < -0.39 is 0 Å². The summed E-state index contributed by atoms with van der Waals surface area (Å²) in [6.45, 7) is 10.9. The molecule has 1 atom stereocenters. The van der Waals surface area contributed by atoms with E-state index in [0.717, 1.165) is 29.2 Å². The maximum Gasteiger partial charge on any atom is 0.137 e. The molecular formula is C18H25ClN2. The van der Waals surface area contributed by atoms with E-state index in [4.69, 9.17) is 16.6 Å². The van der Waals surface area contributed by atoms with Crippen LogP contribution < -0.4 is 0 Å². The van der Waals surface area contributed by atoms with Crippen LogP contribution in [-0.4, -0.2) is 15.8 Å². The van der Waals surface area contributed by atoms with E-state index in [2.05, 4.69) is 63.9 Å². The van der Waals surface area contributed by atoms with Gasteiger partial charge in [0.1, 0.15) is 5.82 Å². The van der Waals surface area contributed by atoms with Crippen LogP contribution in [0.5, 0.6) is 0 Å². The number of alkyl halides is 1. The number of benzene rings is 1. The lowest BCUT2D eigenvalue weighted by molar-refractivity contribution is 0.590. The summed E-state index contributed by atoms with van der Waals surface area (Å²) in [6, 6.07) is 8.62. The van der Waals surface area contributed by atoms with Crippen LogP contribution in [0.2, 0.25) is 0 Å². The number of hydrogen-bond donors (Lipinski definition) is 1. The van der Waals surface area contributed by atoms with Gasteiger partial charge in [0.25, 0.3) is 0 Å². The molecule has 2 aromatic rings. The van der Waals surface area contributed by atoms with Crippen LogP contribution >= 0.6 is 11.6 Å². The number of rotatable bonds is 4. The fraction of sp³-hybridized carbons (Fsp3) is 0.500. The lowest BCUT2D eigenvalue weighted by Gasteiger charge is -2.19. The Morgan fingerprint density at radius 3 is 2.62 bits per heavy atom. The number of hydrogen-bond acceptors (Lipinski definition) is 1. The van der Waals surface area contributed by atoms with Crippen LogP contribution in [-0.2, 0) is 11.8 Å². The molecule has 0 amide bonds. The Hall–Kier alpha value is -1.28. The summed E-state index contributed by atoms with van der Waals surface area (Å²) in [7, 11) is 0. The van der Waals surface area contributed by atoms with Gasteiger partial charge in [-0.3, -0.25) is 0 Å². The molecular weight excluding hydrogens is 280 g/mol. The van der Waals surface area contributed by atoms with Crippen molar-refractivity contribution >= 4 is 11.6 Å². The molecule has 21 heavy (non-hydrogen) atoms. The first-order valence-electron chi connectivity index (χ1n) is 7.53. The fourth-order valence-electron chi connectivity index (χ4n) is 2.35. The van der Waals surface area contributed by atoms with Crippen molar-refractivity contribution in [3.05, 3.63) is 41.2 Å². The molecule has 0 fully saturated rings. The lowest BCUT2D eigenvalue weighted by atomic mass is 9.86. The molecule has 1 heterocycles. The van der Waals surface area contributed by atoms with Gasteiger partial charge in [-0.1, -0.05) is 45.9 Å². The zero-order valence-corrected chi connectivity index (χ0v) is 14.4. The predicted octanol–water partition coefficient (Wildman–Crippen LogP) is 5.10. The normalized spacial score (nSPS) is 13.4. The second-order valence-electron chi connectivity index (χ2n) is 6.95. The Balaban J connectivity index is 2.33. The van der Waals surface area contributed by atoms with Gasteiger partial charge in [0, 0.05) is 17.1 Å². The van der Waals surface area contributed by atoms with Gasteiger partial charge in [-0.2, -0.15) is 0 Å². The van der Waals surface area contributed by atoms with Gasteiger partial charge in [-0.05, 0) is 36.3 Å². The molecule has 0 spiro atoms. The third-order valence-corrected chi connectivity index (χ3v) is 4.32. The largest absolute Gasteiger partial charge is 0.342 e. The van der Waals surface area contributed by atoms with Gasteiger partial charge >= 0.3 is 0 Å². The number of aromatic nitrogens is 2. The monoisotopic (exact) mass is 304 g/mol. The van der Waals surface area contributed by atoms with Crippen LogP contribution in [0.15, 0.2) is 24.3 Å². The molecule has 0 aliphatic heterocycles. The molecule has 1 N–H and O–H groups in total. The van der Waals surface area contributed by atoms with E-state index in [1.54, 1.807) is 0 Å². The number of H-pyrrole nitrogens is 1. The second-order valence-corrected chi connectivity index (χ2v) is 7.26. The number of aromatic amines is 1. The smallest absolute Gasteiger partial charge is 0.137 e. The van der Waals surface area contributed by atoms with Gasteiger partial charge in [0.05, 0.1) is 5.69 Å². The van der Waals surface area contributed by atoms with Crippen molar-refractivity contribution in [3.8, 4) is 11.4 Å². The molecule has 3 heteroatoms. The highest BCUT2D eigenvalue weighted by Crippen LogP contribution is 2.27. The summed E-state index contributed by atoms with van der Waals surface area (Å²) < 4.78 is 0. The molecule has 0 aliphatic rings. The highest BCUT2D eigenvalue weighted by Gasteiger charge is 2.16. The molecule has 114 valence electrons. The van der Waals surface area contributed by atoms with Crippen molar-refractivity contribution in [1.82, 2.24) is 9.97 Å². The molecule has 0 bridgehead atoms. The average Bonchev–Trinajstić information content (AvgIpc) is 2.79. The molecule has 0 saturated heterocycles. The number of aryl methyl sites for hydroxylation is 1. The highest BCUT2D eigenvalue weighted by molar-refractivity contribution is 6.18. The third kappa shape index (κ3) is 3.88.